The SMILES string of the molecule is Cc1c(CCl)cc2sccc2c1Cl. The molecule has 13 heavy (non-hydrogen) atoms. The fourth-order valence-electron chi connectivity index (χ4n) is 1.36. The van der Waals surface area contributed by atoms with Crippen LogP contribution >= 0.6 is 34.5 Å². The zero-order valence-corrected chi connectivity index (χ0v) is 9.43. The van der Waals surface area contributed by atoms with Gasteiger partial charge in [-0.3, -0.25) is 0 Å². The van der Waals surface area contributed by atoms with E-state index < -0.39 is 0 Å². The summed E-state index contributed by atoms with van der Waals surface area (Å²) in [4.78, 5) is 0. The Labute approximate surface area is 91.1 Å². The van der Waals surface area contributed by atoms with Gasteiger partial charge in [0.25, 0.3) is 0 Å². The number of fused-ring (bicyclic) bond motifs is 1. The van der Waals surface area contributed by atoms with Gasteiger partial charge in [-0.1, -0.05) is 11.6 Å². The van der Waals surface area contributed by atoms with Crippen LogP contribution in [0, 0.1) is 6.92 Å². The van der Waals surface area contributed by atoms with Crippen molar-refractivity contribution in [2.75, 3.05) is 0 Å². The van der Waals surface area contributed by atoms with E-state index in [9.17, 15) is 0 Å². The average Bonchev–Trinajstić information content (AvgIpc) is 2.59. The first-order chi connectivity index (χ1) is 6.24. The normalized spacial score (nSPS) is 11.0. The largest absolute Gasteiger partial charge is 0.144 e. The quantitative estimate of drug-likeness (QED) is 0.629. The zero-order valence-electron chi connectivity index (χ0n) is 7.10. The summed E-state index contributed by atoms with van der Waals surface area (Å²) < 4.78 is 1.21. The molecule has 2 aromatic rings. The number of hydrogen-bond donors (Lipinski definition) is 0. The van der Waals surface area contributed by atoms with E-state index >= 15 is 0 Å². The maximum Gasteiger partial charge on any atom is 0.0525 e. The summed E-state index contributed by atoms with van der Waals surface area (Å²) in [5.74, 6) is 0.527. The molecule has 2 rings (SSSR count). The minimum atomic E-state index is 0.527. The number of thiophene rings is 1. The highest BCUT2D eigenvalue weighted by molar-refractivity contribution is 7.17. The first kappa shape index (κ1) is 9.32. The molecule has 0 N–H and O–H groups in total. The Bertz CT molecular complexity index is 445. The number of rotatable bonds is 1. The molecular formula is C10H8Cl2S. The lowest BCUT2D eigenvalue weighted by Crippen LogP contribution is -1.85. The van der Waals surface area contributed by atoms with Crippen LogP contribution < -0.4 is 0 Å². The summed E-state index contributed by atoms with van der Waals surface area (Å²) in [5, 5.41) is 4.03. The minimum absolute atomic E-state index is 0.527. The fourth-order valence-corrected chi connectivity index (χ4v) is 2.84. The molecule has 0 saturated heterocycles. The predicted molar refractivity (Wildman–Crippen MR) is 61.1 cm³/mol. The molecule has 0 spiro atoms. The van der Waals surface area contributed by atoms with Crippen molar-refractivity contribution in [2.24, 2.45) is 0 Å². The van der Waals surface area contributed by atoms with E-state index in [0.29, 0.717) is 5.88 Å². The van der Waals surface area contributed by atoms with Gasteiger partial charge in [-0.2, -0.15) is 0 Å². The summed E-state index contributed by atoms with van der Waals surface area (Å²) in [5.41, 5.74) is 2.23. The van der Waals surface area contributed by atoms with Crippen LogP contribution in [0.25, 0.3) is 10.1 Å². The van der Waals surface area contributed by atoms with Gasteiger partial charge < -0.3 is 0 Å². The summed E-state index contributed by atoms with van der Waals surface area (Å²) in [6.07, 6.45) is 0. The number of halogens is 2. The van der Waals surface area contributed by atoms with Crippen molar-refractivity contribution in [1.82, 2.24) is 0 Å². The topological polar surface area (TPSA) is 0 Å². The maximum atomic E-state index is 6.20. The lowest BCUT2D eigenvalue weighted by atomic mass is 10.1. The Balaban J connectivity index is 2.83. The van der Waals surface area contributed by atoms with Crippen LogP contribution in [0.15, 0.2) is 17.5 Å². The molecule has 0 nitrogen and oxygen atoms in total. The molecule has 0 aliphatic heterocycles. The molecule has 0 amide bonds. The average molecular weight is 231 g/mol. The van der Waals surface area contributed by atoms with E-state index in [4.69, 9.17) is 23.2 Å². The van der Waals surface area contributed by atoms with Gasteiger partial charge in [-0.15, -0.1) is 22.9 Å². The van der Waals surface area contributed by atoms with Gasteiger partial charge in [-0.05, 0) is 35.6 Å². The highest BCUT2D eigenvalue weighted by atomic mass is 35.5. The smallest absolute Gasteiger partial charge is 0.0525 e. The minimum Gasteiger partial charge on any atom is -0.144 e. The van der Waals surface area contributed by atoms with Crippen LogP contribution in [0.1, 0.15) is 11.1 Å². The zero-order chi connectivity index (χ0) is 9.42. The van der Waals surface area contributed by atoms with Crippen molar-refractivity contribution in [3.05, 3.63) is 33.7 Å². The van der Waals surface area contributed by atoms with Crippen molar-refractivity contribution < 1.29 is 0 Å². The molecule has 0 fully saturated rings. The number of alkyl halides is 1. The standard InChI is InChI=1S/C10H8Cl2S/c1-6-7(5-11)4-9-8(10(6)12)2-3-13-9/h2-4H,5H2,1H3. The van der Waals surface area contributed by atoms with E-state index in [1.165, 1.54) is 4.70 Å². The van der Waals surface area contributed by atoms with E-state index in [1.807, 2.05) is 18.4 Å². The van der Waals surface area contributed by atoms with Crippen molar-refractivity contribution >= 4 is 44.6 Å². The summed E-state index contributed by atoms with van der Waals surface area (Å²) in [7, 11) is 0. The van der Waals surface area contributed by atoms with Gasteiger partial charge in [0, 0.05) is 16.0 Å². The molecule has 0 aliphatic rings. The predicted octanol–water partition coefficient (Wildman–Crippen LogP) is 4.60. The Kier molecular flexibility index (Phi) is 2.50. The van der Waals surface area contributed by atoms with Crippen LogP contribution in [0.2, 0.25) is 5.02 Å². The van der Waals surface area contributed by atoms with Gasteiger partial charge in [-0.25, -0.2) is 0 Å². The molecule has 1 heterocycles. The van der Waals surface area contributed by atoms with Crippen molar-refractivity contribution in [3.63, 3.8) is 0 Å². The number of benzene rings is 1. The third-order valence-corrected chi connectivity index (χ3v) is 3.83. The lowest BCUT2D eigenvalue weighted by molar-refractivity contribution is 1.32. The van der Waals surface area contributed by atoms with Gasteiger partial charge in [0.05, 0.1) is 5.02 Å². The second-order valence-electron chi connectivity index (χ2n) is 2.94. The molecule has 0 saturated carbocycles. The molecule has 1 aromatic carbocycles. The second kappa shape index (κ2) is 3.49. The molecule has 0 bridgehead atoms. The van der Waals surface area contributed by atoms with Gasteiger partial charge in [0.2, 0.25) is 0 Å². The first-order valence-electron chi connectivity index (χ1n) is 3.95. The molecule has 1 aromatic heterocycles. The molecule has 0 radical (unpaired) electrons. The molecule has 0 atom stereocenters. The summed E-state index contributed by atoms with van der Waals surface area (Å²) in [6.45, 7) is 2.01. The third kappa shape index (κ3) is 1.45. The summed E-state index contributed by atoms with van der Waals surface area (Å²) in [6, 6.07) is 4.17. The van der Waals surface area contributed by atoms with Gasteiger partial charge >= 0.3 is 0 Å². The maximum absolute atomic E-state index is 6.20. The second-order valence-corrected chi connectivity index (χ2v) is 4.53. The van der Waals surface area contributed by atoms with Gasteiger partial charge in [0.15, 0.2) is 0 Å². The lowest BCUT2D eigenvalue weighted by Gasteiger charge is -2.05. The molecule has 3 heteroatoms. The Morgan fingerprint density at radius 3 is 2.92 bits per heavy atom. The molecule has 0 unspecified atom stereocenters. The van der Waals surface area contributed by atoms with E-state index in [0.717, 1.165) is 21.5 Å². The van der Waals surface area contributed by atoms with E-state index in [1.54, 1.807) is 11.3 Å². The fraction of sp³-hybridized carbons (Fsp3) is 0.200. The van der Waals surface area contributed by atoms with E-state index in [-0.39, 0.29) is 0 Å². The molecule has 68 valence electrons. The Morgan fingerprint density at radius 1 is 1.46 bits per heavy atom. The highest BCUT2D eigenvalue weighted by Crippen LogP contribution is 2.33. The first-order valence-corrected chi connectivity index (χ1v) is 5.74. The van der Waals surface area contributed by atoms with E-state index in [2.05, 4.69) is 6.07 Å². The molecular weight excluding hydrogens is 223 g/mol. The number of hydrogen-bond acceptors (Lipinski definition) is 1. The van der Waals surface area contributed by atoms with Crippen molar-refractivity contribution in [1.29, 1.82) is 0 Å². The van der Waals surface area contributed by atoms with Gasteiger partial charge in [0.1, 0.15) is 0 Å². The van der Waals surface area contributed by atoms with Crippen LogP contribution in [-0.4, -0.2) is 0 Å². The van der Waals surface area contributed by atoms with Crippen molar-refractivity contribution in [2.45, 2.75) is 12.8 Å². The monoisotopic (exact) mass is 230 g/mol. The van der Waals surface area contributed by atoms with Crippen molar-refractivity contribution in [3.8, 4) is 0 Å². The third-order valence-electron chi connectivity index (χ3n) is 2.19. The Morgan fingerprint density at radius 2 is 2.23 bits per heavy atom. The van der Waals surface area contributed by atoms with Crippen LogP contribution in [0.5, 0.6) is 0 Å². The van der Waals surface area contributed by atoms with Crippen LogP contribution in [0.4, 0.5) is 0 Å². The van der Waals surface area contributed by atoms with Crippen LogP contribution in [0.3, 0.4) is 0 Å². The van der Waals surface area contributed by atoms with Crippen LogP contribution in [-0.2, 0) is 5.88 Å². The summed E-state index contributed by atoms with van der Waals surface area (Å²) >= 11 is 13.7. The molecule has 0 aliphatic carbocycles. The Hall–Kier alpha value is -0.240. The highest BCUT2D eigenvalue weighted by Gasteiger charge is 2.07.